The smallest absolute Gasteiger partial charge is 0.234 e. The van der Waals surface area contributed by atoms with Gasteiger partial charge in [0.2, 0.25) is 5.91 Å². The Balaban J connectivity index is 1.74. The van der Waals surface area contributed by atoms with Crippen LogP contribution in [0.25, 0.3) is 0 Å². The zero-order chi connectivity index (χ0) is 15.1. The lowest BCUT2D eigenvalue weighted by Gasteiger charge is -2.23. The second-order valence-electron chi connectivity index (χ2n) is 5.33. The lowest BCUT2D eigenvalue weighted by molar-refractivity contribution is -0.121. The Morgan fingerprint density at radius 1 is 1.33 bits per heavy atom. The van der Waals surface area contributed by atoms with Gasteiger partial charge in [-0.3, -0.25) is 4.79 Å². The Labute approximate surface area is 126 Å². The molecular weight excluding hydrogens is 268 g/mol. The normalized spacial score (nSPS) is 17.2. The van der Waals surface area contributed by atoms with Gasteiger partial charge in [-0.25, -0.2) is 0 Å². The van der Waals surface area contributed by atoms with Crippen LogP contribution in [0, 0.1) is 0 Å². The van der Waals surface area contributed by atoms with Crippen LogP contribution in [0.2, 0.25) is 0 Å². The third-order valence-corrected chi connectivity index (χ3v) is 3.77. The Morgan fingerprint density at radius 2 is 2.00 bits per heavy atom. The summed E-state index contributed by atoms with van der Waals surface area (Å²) in [5.41, 5.74) is 1.13. The molecule has 0 aromatic heterocycles. The molecule has 1 atom stereocenters. The molecular formula is C16H24N2O3. The Morgan fingerprint density at radius 3 is 2.62 bits per heavy atom. The fourth-order valence-electron chi connectivity index (χ4n) is 2.38. The van der Waals surface area contributed by atoms with Crippen molar-refractivity contribution in [2.75, 3.05) is 26.9 Å². The number of nitrogens with one attached hydrogen (secondary N) is 2. The van der Waals surface area contributed by atoms with E-state index in [-0.39, 0.29) is 18.0 Å². The summed E-state index contributed by atoms with van der Waals surface area (Å²) in [6, 6.07) is 8.24. The molecule has 2 N–H and O–H groups in total. The average molecular weight is 292 g/mol. The van der Waals surface area contributed by atoms with Crippen LogP contribution in [-0.4, -0.2) is 38.8 Å². The van der Waals surface area contributed by atoms with Crippen LogP contribution in [0.4, 0.5) is 0 Å². The van der Waals surface area contributed by atoms with Crippen molar-refractivity contribution in [2.24, 2.45) is 0 Å². The average Bonchev–Trinajstić information content (AvgIpc) is 2.53. The van der Waals surface area contributed by atoms with Crippen molar-refractivity contribution in [3.8, 4) is 5.75 Å². The van der Waals surface area contributed by atoms with Crippen LogP contribution in [0.3, 0.4) is 0 Å². The van der Waals surface area contributed by atoms with Crippen molar-refractivity contribution < 1.29 is 14.3 Å². The molecule has 5 nitrogen and oxygen atoms in total. The molecule has 21 heavy (non-hydrogen) atoms. The molecule has 0 spiro atoms. The van der Waals surface area contributed by atoms with Crippen molar-refractivity contribution >= 4 is 5.91 Å². The van der Waals surface area contributed by atoms with Gasteiger partial charge in [0.05, 0.1) is 13.7 Å². The van der Waals surface area contributed by atoms with Crippen LogP contribution in [-0.2, 0) is 9.53 Å². The van der Waals surface area contributed by atoms with Crippen molar-refractivity contribution in [1.82, 2.24) is 10.6 Å². The van der Waals surface area contributed by atoms with E-state index in [0.29, 0.717) is 6.54 Å². The van der Waals surface area contributed by atoms with E-state index in [9.17, 15) is 4.79 Å². The van der Waals surface area contributed by atoms with E-state index < -0.39 is 0 Å². The van der Waals surface area contributed by atoms with Gasteiger partial charge >= 0.3 is 0 Å². The molecule has 0 radical (unpaired) electrons. The molecule has 1 heterocycles. The molecule has 0 saturated carbocycles. The number of rotatable bonds is 6. The van der Waals surface area contributed by atoms with E-state index in [1.807, 2.05) is 31.2 Å². The van der Waals surface area contributed by atoms with Crippen molar-refractivity contribution in [2.45, 2.75) is 31.8 Å². The van der Waals surface area contributed by atoms with Crippen LogP contribution in [0.15, 0.2) is 24.3 Å². The van der Waals surface area contributed by atoms with Crippen molar-refractivity contribution in [1.29, 1.82) is 0 Å². The molecule has 1 aromatic carbocycles. The molecule has 0 unspecified atom stereocenters. The molecule has 1 aromatic rings. The van der Waals surface area contributed by atoms with Crippen molar-refractivity contribution in [3.63, 3.8) is 0 Å². The lowest BCUT2D eigenvalue weighted by atomic mass is 10.1. The highest BCUT2D eigenvalue weighted by Gasteiger charge is 2.16. The summed E-state index contributed by atoms with van der Waals surface area (Å²) in [5, 5.41) is 6.28. The SMILES string of the molecule is COc1ccc([C@H](C)NCC(=O)NC2CCOCC2)cc1. The number of carbonyl (C=O) groups excluding carboxylic acids is 1. The first-order valence-corrected chi connectivity index (χ1v) is 7.43. The van der Waals surface area contributed by atoms with Crippen molar-refractivity contribution in [3.05, 3.63) is 29.8 Å². The zero-order valence-electron chi connectivity index (χ0n) is 12.7. The van der Waals surface area contributed by atoms with E-state index >= 15 is 0 Å². The summed E-state index contributed by atoms with van der Waals surface area (Å²) in [6.07, 6.45) is 1.81. The van der Waals surface area contributed by atoms with E-state index in [0.717, 1.165) is 37.4 Å². The predicted molar refractivity (Wildman–Crippen MR) is 81.4 cm³/mol. The molecule has 1 saturated heterocycles. The maximum atomic E-state index is 11.9. The maximum absolute atomic E-state index is 11.9. The van der Waals surface area contributed by atoms with Gasteiger partial charge < -0.3 is 20.1 Å². The fraction of sp³-hybridized carbons (Fsp3) is 0.562. The number of benzene rings is 1. The molecule has 1 aliphatic rings. The Hall–Kier alpha value is -1.59. The molecule has 1 aliphatic heterocycles. The van der Waals surface area contributed by atoms with E-state index in [1.165, 1.54) is 0 Å². The van der Waals surface area contributed by atoms with E-state index in [4.69, 9.17) is 9.47 Å². The van der Waals surface area contributed by atoms with Gasteiger partial charge in [0.1, 0.15) is 5.75 Å². The number of methoxy groups -OCH3 is 1. The highest BCUT2D eigenvalue weighted by molar-refractivity contribution is 5.78. The number of ether oxygens (including phenoxy) is 2. The third kappa shape index (κ3) is 5.02. The largest absolute Gasteiger partial charge is 0.497 e. The van der Waals surface area contributed by atoms with Crippen LogP contribution < -0.4 is 15.4 Å². The zero-order valence-corrected chi connectivity index (χ0v) is 12.7. The molecule has 116 valence electrons. The fourth-order valence-corrected chi connectivity index (χ4v) is 2.38. The van der Waals surface area contributed by atoms with Crippen LogP contribution in [0.5, 0.6) is 5.75 Å². The highest BCUT2D eigenvalue weighted by atomic mass is 16.5. The van der Waals surface area contributed by atoms with Gasteiger partial charge in [0.25, 0.3) is 0 Å². The molecule has 0 bridgehead atoms. The van der Waals surface area contributed by atoms with Gasteiger partial charge in [-0.2, -0.15) is 0 Å². The minimum absolute atomic E-state index is 0.0438. The first-order valence-electron chi connectivity index (χ1n) is 7.43. The predicted octanol–water partition coefficient (Wildman–Crippen LogP) is 1.64. The van der Waals surface area contributed by atoms with Crippen LogP contribution in [0.1, 0.15) is 31.4 Å². The number of carbonyl (C=O) groups is 1. The van der Waals surface area contributed by atoms with Gasteiger partial charge in [-0.05, 0) is 37.5 Å². The molecule has 2 rings (SSSR count). The van der Waals surface area contributed by atoms with Gasteiger partial charge in [-0.1, -0.05) is 12.1 Å². The Bertz CT molecular complexity index is 441. The standard InChI is InChI=1S/C16H24N2O3/c1-12(13-3-5-15(20-2)6-4-13)17-11-16(19)18-14-7-9-21-10-8-14/h3-6,12,14,17H,7-11H2,1-2H3,(H,18,19)/t12-/m0/s1. The third-order valence-electron chi connectivity index (χ3n) is 3.77. The van der Waals surface area contributed by atoms with Gasteiger partial charge in [-0.15, -0.1) is 0 Å². The monoisotopic (exact) mass is 292 g/mol. The van der Waals surface area contributed by atoms with Gasteiger partial charge in [0.15, 0.2) is 0 Å². The highest BCUT2D eigenvalue weighted by Crippen LogP contribution is 2.16. The summed E-state index contributed by atoms with van der Waals surface area (Å²) in [5.74, 6) is 0.880. The topological polar surface area (TPSA) is 59.6 Å². The minimum atomic E-state index is 0.0438. The molecule has 1 fully saturated rings. The molecule has 5 heteroatoms. The summed E-state index contributed by atoms with van der Waals surface area (Å²) in [7, 11) is 1.65. The summed E-state index contributed by atoms with van der Waals surface area (Å²) in [4.78, 5) is 11.9. The van der Waals surface area contributed by atoms with Gasteiger partial charge in [0, 0.05) is 25.3 Å². The minimum Gasteiger partial charge on any atom is -0.497 e. The Kier molecular flexibility index (Phi) is 6.02. The molecule has 1 amide bonds. The number of hydrogen-bond acceptors (Lipinski definition) is 4. The quantitative estimate of drug-likeness (QED) is 0.837. The first kappa shape index (κ1) is 15.8. The maximum Gasteiger partial charge on any atom is 0.234 e. The number of amides is 1. The summed E-state index contributed by atoms with van der Waals surface area (Å²) in [6.45, 7) is 3.84. The van der Waals surface area contributed by atoms with E-state index in [1.54, 1.807) is 7.11 Å². The second kappa shape index (κ2) is 8.00. The number of hydrogen-bond donors (Lipinski definition) is 2. The second-order valence-corrected chi connectivity index (χ2v) is 5.33. The van der Waals surface area contributed by atoms with E-state index in [2.05, 4.69) is 10.6 Å². The lowest BCUT2D eigenvalue weighted by Crippen LogP contribution is -2.43. The first-order chi connectivity index (χ1) is 10.2. The summed E-state index contributed by atoms with van der Waals surface area (Å²) < 4.78 is 10.4. The summed E-state index contributed by atoms with van der Waals surface area (Å²) >= 11 is 0. The molecule has 0 aliphatic carbocycles. The van der Waals surface area contributed by atoms with Crippen LogP contribution >= 0.6 is 0 Å².